The molecule has 2 rings (SSSR count). The van der Waals surface area contributed by atoms with Gasteiger partial charge in [-0.25, -0.2) is 4.98 Å². The summed E-state index contributed by atoms with van der Waals surface area (Å²) in [6.07, 6.45) is 1.58. The lowest BCUT2D eigenvalue weighted by atomic mass is 10.1. The van der Waals surface area contributed by atoms with Crippen LogP contribution < -0.4 is 10.6 Å². The lowest BCUT2D eigenvalue weighted by Crippen LogP contribution is -2.23. The lowest BCUT2D eigenvalue weighted by molar-refractivity contribution is -0.114. The van der Waals surface area contributed by atoms with E-state index < -0.39 is 0 Å². The second-order valence-electron chi connectivity index (χ2n) is 5.19. The van der Waals surface area contributed by atoms with E-state index in [0.717, 1.165) is 16.8 Å². The fourth-order valence-corrected chi connectivity index (χ4v) is 2.36. The maximum absolute atomic E-state index is 12.1. The summed E-state index contributed by atoms with van der Waals surface area (Å²) in [6.45, 7) is 6.02. The monoisotopic (exact) mass is 294 g/mol. The average molecular weight is 294 g/mol. The number of hydrogen-bond donors (Lipinski definition) is 2. The van der Waals surface area contributed by atoms with Crippen molar-refractivity contribution >= 4 is 17.4 Å². The van der Waals surface area contributed by atoms with Crippen LogP contribution in [-0.4, -0.2) is 17.4 Å². The van der Waals surface area contributed by atoms with Gasteiger partial charge in [-0.15, -0.1) is 0 Å². The van der Waals surface area contributed by atoms with Crippen molar-refractivity contribution in [1.29, 1.82) is 5.26 Å². The average Bonchev–Trinajstić information content (AvgIpc) is 2.49. The van der Waals surface area contributed by atoms with Gasteiger partial charge in [-0.1, -0.05) is 17.7 Å². The molecule has 0 aliphatic rings. The number of nitriles is 1. The number of hydrogen-bond acceptors (Lipinski definition) is 4. The number of rotatable bonds is 4. The van der Waals surface area contributed by atoms with Crippen LogP contribution in [0.5, 0.6) is 0 Å². The number of benzene rings is 1. The van der Waals surface area contributed by atoms with E-state index in [-0.39, 0.29) is 12.5 Å². The molecular weight excluding hydrogens is 276 g/mol. The van der Waals surface area contributed by atoms with Gasteiger partial charge in [-0.2, -0.15) is 5.26 Å². The second-order valence-corrected chi connectivity index (χ2v) is 5.19. The van der Waals surface area contributed by atoms with Crippen LogP contribution >= 0.6 is 0 Å². The van der Waals surface area contributed by atoms with Crippen molar-refractivity contribution in [2.45, 2.75) is 20.8 Å². The molecule has 112 valence electrons. The minimum atomic E-state index is -0.176. The first-order valence-corrected chi connectivity index (χ1v) is 6.98. The van der Waals surface area contributed by atoms with E-state index >= 15 is 0 Å². The Kier molecular flexibility index (Phi) is 4.74. The molecule has 0 saturated carbocycles. The van der Waals surface area contributed by atoms with Crippen LogP contribution in [0.1, 0.15) is 22.3 Å². The molecule has 1 heterocycles. The second kappa shape index (κ2) is 6.72. The van der Waals surface area contributed by atoms with Crippen LogP contribution in [0.3, 0.4) is 0 Å². The van der Waals surface area contributed by atoms with Gasteiger partial charge in [0.15, 0.2) is 0 Å². The fraction of sp³-hybridized carbons (Fsp3) is 0.235. The summed E-state index contributed by atoms with van der Waals surface area (Å²) in [5.41, 5.74) is 4.47. The zero-order valence-corrected chi connectivity index (χ0v) is 12.9. The Morgan fingerprint density at radius 1 is 1.27 bits per heavy atom. The molecule has 0 spiro atoms. The first-order valence-electron chi connectivity index (χ1n) is 6.98. The minimum Gasteiger partial charge on any atom is -0.360 e. The molecule has 1 aromatic heterocycles. The van der Waals surface area contributed by atoms with E-state index in [1.807, 2.05) is 39.0 Å². The Morgan fingerprint density at radius 3 is 2.59 bits per heavy atom. The molecule has 0 unspecified atom stereocenters. The van der Waals surface area contributed by atoms with Gasteiger partial charge in [0.1, 0.15) is 11.9 Å². The molecule has 0 radical (unpaired) electrons. The molecule has 0 aliphatic heterocycles. The third-order valence-electron chi connectivity index (χ3n) is 3.29. The molecule has 5 nitrogen and oxygen atoms in total. The van der Waals surface area contributed by atoms with Crippen LogP contribution in [0.15, 0.2) is 30.5 Å². The smallest absolute Gasteiger partial charge is 0.243 e. The SMILES string of the molecule is Cc1cc(C)c(NC(=O)CNc2ncccc2C#N)c(C)c1. The van der Waals surface area contributed by atoms with Crippen LogP contribution in [0, 0.1) is 32.1 Å². The van der Waals surface area contributed by atoms with Gasteiger partial charge in [0, 0.05) is 11.9 Å². The van der Waals surface area contributed by atoms with Gasteiger partial charge in [-0.3, -0.25) is 4.79 Å². The third-order valence-corrected chi connectivity index (χ3v) is 3.29. The van der Waals surface area contributed by atoms with Gasteiger partial charge < -0.3 is 10.6 Å². The molecule has 1 aromatic carbocycles. The predicted octanol–water partition coefficient (Wildman–Crippen LogP) is 2.93. The van der Waals surface area contributed by atoms with Crippen molar-refractivity contribution in [3.63, 3.8) is 0 Å². The van der Waals surface area contributed by atoms with Crippen LogP contribution in [0.25, 0.3) is 0 Å². The van der Waals surface area contributed by atoms with E-state index in [1.165, 1.54) is 5.56 Å². The van der Waals surface area contributed by atoms with E-state index in [9.17, 15) is 4.79 Å². The van der Waals surface area contributed by atoms with Crippen molar-refractivity contribution in [2.75, 3.05) is 17.2 Å². The highest BCUT2D eigenvalue weighted by atomic mass is 16.1. The summed E-state index contributed by atoms with van der Waals surface area (Å²) in [4.78, 5) is 16.2. The maximum Gasteiger partial charge on any atom is 0.243 e. The number of amides is 1. The topological polar surface area (TPSA) is 77.8 Å². The van der Waals surface area contributed by atoms with Gasteiger partial charge in [0.05, 0.1) is 12.1 Å². The third kappa shape index (κ3) is 3.61. The highest BCUT2D eigenvalue weighted by molar-refractivity contribution is 5.95. The largest absolute Gasteiger partial charge is 0.360 e. The Hall–Kier alpha value is -2.87. The first-order chi connectivity index (χ1) is 10.5. The van der Waals surface area contributed by atoms with Crippen molar-refractivity contribution in [1.82, 2.24) is 4.98 Å². The summed E-state index contributed by atoms with van der Waals surface area (Å²) in [6, 6.07) is 9.44. The number of carbonyl (C=O) groups is 1. The Morgan fingerprint density at radius 2 is 1.95 bits per heavy atom. The number of nitrogens with one attached hydrogen (secondary N) is 2. The van der Waals surface area contributed by atoms with Crippen molar-refractivity contribution < 1.29 is 4.79 Å². The van der Waals surface area contributed by atoms with E-state index in [4.69, 9.17) is 5.26 Å². The molecule has 0 aliphatic carbocycles. The van der Waals surface area contributed by atoms with Crippen LogP contribution in [-0.2, 0) is 4.79 Å². The molecule has 0 bridgehead atoms. The Labute approximate surface area is 130 Å². The Bertz CT molecular complexity index is 724. The van der Waals surface area contributed by atoms with Gasteiger partial charge in [0.25, 0.3) is 0 Å². The summed E-state index contributed by atoms with van der Waals surface area (Å²) in [7, 11) is 0. The van der Waals surface area contributed by atoms with E-state index in [0.29, 0.717) is 11.4 Å². The van der Waals surface area contributed by atoms with Gasteiger partial charge in [0.2, 0.25) is 5.91 Å². The molecule has 0 fully saturated rings. The zero-order valence-electron chi connectivity index (χ0n) is 12.9. The van der Waals surface area contributed by atoms with Crippen molar-refractivity contribution in [3.05, 3.63) is 52.7 Å². The summed E-state index contributed by atoms with van der Waals surface area (Å²) in [5.74, 6) is 0.238. The highest BCUT2D eigenvalue weighted by Crippen LogP contribution is 2.21. The molecule has 2 N–H and O–H groups in total. The number of nitrogens with zero attached hydrogens (tertiary/aromatic N) is 2. The van der Waals surface area contributed by atoms with Crippen LogP contribution in [0.2, 0.25) is 0 Å². The molecular formula is C17H18N4O. The van der Waals surface area contributed by atoms with Gasteiger partial charge >= 0.3 is 0 Å². The molecule has 5 heteroatoms. The standard InChI is InChI=1S/C17H18N4O/c1-11-7-12(2)16(13(3)8-11)21-15(22)10-20-17-14(9-18)5-4-6-19-17/h4-8H,10H2,1-3H3,(H,19,20)(H,21,22). The van der Waals surface area contributed by atoms with E-state index in [1.54, 1.807) is 18.3 Å². The predicted molar refractivity (Wildman–Crippen MR) is 86.7 cm³/mol. The first kappa shape index (κ1) is 15.5. The molecule has 22 heavy (non-hydrogen) atoms. The quantitative estimate of drug-likeness (QED) is 0.908. The molecule has 0 saturated heterocycles. The van der Waals surface area contributed by atoms with Crippen LogP contribution in [0.4, 0.5) is 11.5 Å². The minimum absolute atomic E-state index is 0.0540. The number of carbonyl (C=O) groups excluding carboxylic acids is 1. The number of aryl methyl sites for hydroxylation is 3. The number of anilines is 2. The maximum atomic E-state index is 12.1. The summed E-state index contributed by atoms with van der Waals surface area (Å²) < 4.78 is 0. The molecule has 1 amide bonds. The normalized spacial score (nSPS) is 9.91. The highest BCUT2D eigenvalue weighted by Gasteiger charge is 2.09. The van der Waals surface area contributed by atoms with Crippen molar-refractivity contribution in [2.24, 2.45) is 0 Å². The fourth-order valence-electron chi connectivity index (χ4n) is 2.36. The van der Waals surface area contributed by atoms with E-state index in [2.05, 4.69) is 15.6 Å². The number of pyridine rings is 1. The van der Waals surface area contributed by atoms with Crippen molar-refractivity contribution in [3.8, 4) is 6.07 Å². The van der Waals surface area contributed by atoms with Gasteiger partial charge in [-0.05, 0) is 44.0 Å². The zero-order chi connectivity index (χ0) is 16.1. The molecule has 0 atom stereocenters. The Balaban J connectivity index is 2.04. The summed E-state index contributed by atoms with van der Waals surface area (Å²) >= 11 is 0. The molecule has 2 aromatic rings. The lowest BCUT2D eigenvalue weighted by Gasteiger charge is -2.13. The summed E-state index contributed by atoms with van der Waals surface area (Å²) in [5, 5.41) is 14.8. The number of aromatic nitrogens is 1.